The van der Waals surface area contributed by atoms with Gasteiger partial charge in [0.05, 0.1) is 5.92 Å². The fourth-order valence-electron chi connectivity index (χ4n) is 6.63. The second-order valence-corrected chi connectivity index (χ2v) is 10.3. The normalized spacial score (nSPS) is 29.8. The van der Waals surface area contributed by atoms with Crippen LogP contribution in [0.1, 0.15) is 68.2 Å². The average molecular weight is 452 g/mol. The van der Waals surface area contributed by atoms with Crippen molar-refractivity contribution in [2.45, 2.75) is 69.2 Å². The number of pyridine rings is 1. The monoisotopic (exact) mass is 451 g/mol. The van der Waals surface area contributed by atoms with Gasteiger partial charge in [0.2, 0.25) is 5.91 Å². The van der Waals surface area contributed by atoms with Gasteiger partial charge in [-0.05, 0) is 61.6 Å². The summed E-state index contributed by atoms with van der Waals surface area (Å²) in [6.45, 7) is 4.72. The smallest absolute Gasteiger partial charge is 0.228 e. The van der Waals surface area contributed by atoms with Crippen LogP contribution in [0.5, 0.6) is 0 Å². The van der Waals surface area contributed by atoms with E-state index >= 15 is 0 Å². The van der Waals surface area contributed by atoms with Gasteiger partial charge in [0, 0.05) is 36.8 Å². The van der Waals surface area contributed by atoms with Crippen molar-refractivity contribution in [1.29, 1.82) is 0 Å². The molecule has 2 saturated heterocycles. The van der Waals surface area contributed by atoms with Gasteiger partial charge in [-0.3, -0.25) is 4.79 Å². The molecule has 0 saturated carbocycles. The lowest BCUT2D eigenvalue weighted by Crippen LogP contribution is -2.53. The van der Waals surface area contributed by atoms with Crippen molar-refractivity contribution in [2.75, 3.05) is 19.6 Å². The van der Waals surface area contributed by atoms with E-state index in [-0.39, 0.29) is 11.3 Å². The van der Waals surface area contributed by atoms with Crippen LogP contribution in [0, 0.1) is 5.92 Å². The highest BCUT2D eigenvalue weighted by molar-refractivity contribution is 6.29. The van der Waals surface area contributed by atoms with Gasteiger partial charge in [0.25, 0.3) is 0 Å². The number of hydrogen-bond donors (Lipinski definition) is 1. The quantitative estimate of drug-likeness (QED) is 0.657. The molecule has 0 radical (unpaired) electrons. The van der Waals surface area contributed by atoms with E-state index < -0.39 is 0 Å². The lowest BCUT2D eigenvalue weighted by Gasteiger charge is -2.45. The largest absolute Gasteiger partial charge is 0.339 e. The number of fused-ring (bicyclic) bond motifs is 2. The molecule has 1 aliphatic carbocycles. The third kappa shape index (κ3) is 3.86. The van der Waals surface area contributed by atoms with Crippen LogP contribution < -0.4 is 5.32 Å². The molecule has 1 N–H and O–H groups in total. The molecule has 0 bridgehead atoms. The molecule has 3 heterocycles. The zero-order chi connectivity index (χ0) is 22.1. The molecular weight excluding hydrogens is 418 g/mol. The Labute approximate surface area is 196 Å². The first-order chi connectivity index (χ1) is 15.6. The Kier molecular flexibility index (Phi) is 6.26. The van der Waals surface area contributed by atoms with Crippen LogP contribution in [-0.2, 0) is 16.6 Å². The molecular formula is C27H34ClN3O. The minimum atomic E-state index is -0.144. The van der Waals surface area contributed by atoms with Gasteiger partial charge < -0.3 is 10.2 Å². The van der Waals surface area contributed by atoms with Gasteiger partial charge in [-0.25, -0.2) is 4.98 Å². The van der Waals surface area contributed by atoms with E-state index in [1.807, 2.05) is 6.07 Å². The second kappa shape index (κ2) is 9.15. The van der Waals surface area contributed by atoms with E-state index in [0.29, 0.717) is 23.0 Å². The Morgan fingerprint density at radius 2 is 2.09 bits per heavy atom. The minimum absolute atomic E-state index is 0.0165. The number of aryl methyl sites for hydroxylation is 1. The van der Waals surface area contributed by atoms with Crippen LogP contribution in [-0.4, -0.2) is 41.5 Å². The van der Waals surface area contributed by atoms with E-state index in [1.165, 1.54) is 11.1 Å². The van der Waals surface area contributed by atoms with Gasteiger partial charge in [-0.2, -0.15) is 0 Å². The van der Waals surface area contributed by atoms with Crippen LogP contribution in [0.3, 0.4) is 0 Å². The van der Waals surface area contributed by atoms with Gasteiger partial charge in [0.1, 0.15) is 5.15 Å². The Hall–Kier alpha value is -1.91. The lowest BCUT2D eigenvalue weighted by atomic mass is 9.65. The van der Waals surface area contributed by atoms with E-state index in [4.69, 9.17) is 11.6 Å². The molecule has 1 aromatic carbocycles. The molecule has 1 amide bonds. The Balaban J connectivity index is 1.41. The predicted octanol–water partition coefficient (Wildman–Crippen LogP) is 5.10. The van der Waals surface area contributed by atoms with Crippen LogP contribution in [0.15, 0.2) is 42.5 Å². The fourth-order valence-corrected chi connectivity index (χ4v) is 6.79. The van der Waals surface area contributed by atoms with Gasteiger partial charge in [-0.15, -0.1) is 0 Å². The fraction of sp³-hybridized carbons (Fsp3) is 0.556. The summed E-state index contributed by atoms with van der Waals surface area (Å²) in [7, 11) is 0. The highest BCUT2D eigenvalue weighted by atomic mass is 35.5. The van der Waals surface area contributed by atoms with Crippen molar-refractivity contribution in [2.24, 2.45) is 5.92 Å². The number of rotatable bonds is 4. The van der Waals surface area contributed by atoms with Crippen LogP contribution >= 0.6 is 11.6 Å². The summed E-state index contributed by atoms with van der Waals surface area (Å²) in [4.78, 5) is 21.0. The first-order valence-corrected chi connectivity index (χ1v) is 12.7. The van der Waals surface area contributed by atoms with E-state index in [1.54, 1.807) is 0 Å². The average Bonchev–Trinajstić information content (AvgIpc) is 3.23. The molecule has 170 valence electrons. The van der Waals surface area contributed by atoms with Crippen molar-refractivity contribution < 1.29 is 4.79 Å². The van der Waals surface area contributed by atoms with Crippen molar-refractivity contribution in [3.8, 4) is 0 Å². The molecule has 32 heavy (non-hydrogen) atoms. The standard InChI is InChI=1S/C27H34ClN3O/c1-2-7-21-16-20(19-8-4-3-5-9-19)13-15-31(21)26(32)23-17-29-18-27(23)14-6-10-24-22(27)11-12-25(28)30-24/h3-5,8-9,11-12,20-21,23,29H,2,6-7,10,13-18H2,1H3. The number of piperidine rings is 1. The first kappa shape index (κ1) is 21.9. The topological polar surface area (TPSA) is 45.2 Å². The number of carbonyl (C=O) groups excluding carboxylic acids is 1. The molecule has 2 aromatic rings. The number of likely N-dealkylation sites (tertiary alicyclic amines) is 1. The maximum absolute atomic E-state index is 14.1. The molecule has 4 unspecified atom stereocenters. The molecule has 3 aliphatic rings. The van der Waals surface area contributed by atoms with E-state index in [9.17, 15) is 4.79 Å². The zero-order valence-electron chi connectivity index (χ0n) is 19.0. The number of benzene rings is 1. The molecule has 2 aliphatic heterocycles. The third-order valence-electron chi connectivity index (χ3n) is 8.16. The second-order valence-electron chi connectivity index (χ2n) is 9.93. The summed E-state index contributed by atoms with van der Waals surface area (Å²) in [6.07, 6.45) is 7.39. The maximum Gasteiger partial charge on any atom is 0.228 e. The Bertz CT molecular complexity index is 965. The van der Waals surface area contributed by atoms with Gasteiger partial charge in [0.15, 0.2) is 0 Å². The van der Waals surface area contributed by atoms with Crippen molar-refractivity contribution in [3.05, 3.63) is 64.4 Å². The summed E-state index contributed by atoms with van der Waals surface area (Å²) in [5.41, 5.74) is 3.62. The number of carbonyl (C=O) groups is 1. The highest BCUT2D eigenvalue weighted by Gasteiger charge is 2.52. The SMILES string of the molecule is CCCC1CC(c2ccccc2)CCN1C(=O)C1CNCC12CCCc1nc(Cl)ccc12. The van der Waals surface area contributed by atoms with Crippen molar-refractivity contribution >= 4 is 17.5 Å². The number of aromatic nitrogens is 1. The molecule has 1 aromatic heterocycles. The summed E-state index contributed by atoms with van der Waals surface area (Å²) in [6, 6.07) is 15.2. The highest BCUT2D eigenvalue weighted by Crippen LogP contribution is 2.46. The first-order valence-electron chi connectivity index (χ1n) is 12.3. The Morgan fingerprint density at radius 1 is 1.25 bits per heavy atom. The van der Waals surface area contributed by atoms with E-state index in [0.717, 1.165) is 70.3 Å². The maximum atomic E-state index is 14.1. The third-order valence-corrected chi connectivity index (χ3v) is 8.37. The zero-order valence-corrected chi connectivity index (χ0v) is 19.8. The molecule has 5 rings (SSSR count). The van der Waals surface area contributed by atoms with Gasteiger partial charge in [-0.1, -0.05) is 61.3 Å². The minimum Gasteiger partial charge on any atom is -0.339 e. The van der Waals surface area contributed by atoms with Gasteiger partial charge >= 0.3 is 0 Å². The molecule has 4 nitrogen and oxygen atoms in total. The molecule has 2 fully saturated rings. The van der Waals surface area contributed by atoms with Crippen molar-refractivity contribution in [1.82, 2.24) is 15.2 Å². The summed E-state index contributed by atoms with van der Waals surface area (Å²) in [5.74, 6) is 0.883. The molecule has 1 spiro atoms. The van der Waals surface area contributed by atoms with Crippen LogP contribution in [0.25, 0.3) is 0 Å². The summed E-state index contributed by atoms with van der Waals surface area (Å²) >= 11 is 6.21. The number of amides is 1. The predicted molar refractivity (Wildman–Crippen MR) is 129 cm³/mol. The summed E-state index contributed by atoms with van der Waals surface area (Å²) in [5, 5.41) is 4.14. The van der Waals surface area contributed by atoms with Crippen molar-refractivity contribution in [3.63, 3.8) is 0 Å². The molecule has 4 atom stereocenters. The Morgan fingerprint density at radius 3 is 2.91 bits per heavy atom. The van der Waals surface area contributed by atoms with E-state index in [2.05, 4.69) is 58.5 Å². The number of nitrogens with one attached hydrogen (secondary N) is 1. The number of hydrogen-bond acceptors (Lipinski definition) is 3. The number of nitrogens with zero attached hydrogens (tertiary/aromatic N) is 2. The number of halogens is 1. The van der Waals surface area contributed by atoms with Crippen LogP contribution in [0.2, 0.25) is 5.15 Å². The van der Waals surface area contributed by atoms with Crippen LogP contribution in [0.4, 0.5) is 0 Å². The lowest BCUT2D eigenvalue weighted by molar-refractivity contribution is -0.141. The summed E-state index contributed by atoms with van der Waals surface area (Å²) < 4.78 is 0. The molecule has 5 heteroatoms.